The molecule has 216 valence electrons. The zero-order valence-corrected chi connectivity index (χ0v) is 22.6. The van der Waals surface area contributed by atoms with Crippen LogP contribution in [0.25, 0.3) is 11.3 Å². The van der Waals surface area contributed by atoms with E-state index in [1.807, 2.05) is 11.8 Å². The molecule has 0 spiro atoms. The van der Waals surface area contributed by atoms with Crippen molar-refractivity contribution in [3.05, 3.63) is 77.0 Å². The number of hydrogen-bond acceptors (Lipinski definition) is 8. The van der Waals surface area contributed by atoms with Crippen molar-refractivity contribution in [2.24, 2.45) is 11.7 Å². The molecule has 2 fully saturated rings. The summed E-state index contributed by atoms with van der Waals surface area (Å²) >= 11 is 0. The number of anilines is 1. The summed E-state index contributed by atoms with van der Waals surface area (Å²) in [6.07, 6.45) is 2.44. The van der Waals surface area contributed by atoms with Gasteiger partial charge in [0.2, 0.25) is 0 Å². The fraction of sp³-hybridized carbons (Fsp3) is 0.379. The normalized spacial score (nSPS) is 20.8. The van der Waals surface area contributed by atoms with Crippen molar-refractivity contribution in [3.63, 3.8) is 0 Å². The number of aromatic nitrogens is 2. The lowest BCUT2D eigenvalue weighted by molar-refractivity contribution is 0.00822. The average Bonchev–Trinajstić information content (AvgIpc) is 2.90. The van der Waals surface area contributed by atoms with Gasteiger partial charge in [-0.25, -0.2) is 22.9 Å². The zero-order valence-electron chi connectivity index (χ0n) is 22.6. The van der Waals surface area contributed by atoms with Gasteiger partial charge in [-0.15, -0.1) is 0 Å². The van der Waals surface area contributed by atoms with E-state index in [2.05, 4.69) is 15.3 Å². The molecule has 3 atom stereocenters. The van der Waals surface area contributed by atoms with Crippen molar-refractivity contribution in [3.8, 4) is 11.3 Å². The van der Waals surface area contributed by atoms with Crippen molar-refractivity contribution in [2.75, 3.05) is 38.3 Å². The Bertz CT molecular complexity index is 1430. The number of carbonyl (C=O) groups is 2. The minimum Gasteiger partial charge on any atom is -0.453 e. The van der Waals surface area contributed by atoms with Crippen molar-refractivity contribution in [2.45, 2.75) is 31.3 Å². The van der Waals surface area contributed by atoms with Gasteiger partial charge in [0.05, 0.1) is 31.9 Å². The third-order valence-electron chi connectivity index (χ3n) is 7.60. The van der Waals surface area contributed by atoms with Gasteiger partial charge in [-0.3, -0.25) is 9.78 Å². The number of carbonyl (C=O) groups excluding carboxylic acids is 2. The Labute approximate surface area is 234 Å². The molecule has 3 aromatic rings. The largest absolute Gasteiger partial charge is 0.453 e. The van der Waals surface area contributed by atoms with Crippen LogP contribution in [0.1, 0.15) is 34.5 Å². The summed E-state index contributed by atoms with van der Waals surface area (Å²) in [5.41, 5.74) is 6.76. The molecule has 5 rings (SSSR count). The number of nitrogens with one attached hydrogen (secondary N) is 1. The molecule has 9 nitrogen and oxygen atoms in total. The van der Waals surface area contributed by atoms with Gasteiger partial charge in [-0.2, -0.15) is 0 Å². The number of benzene rings is 1. The van der Waals surface area contributed by atoms with Crippen molar-refractivity contribution in [1.29, 1.82) is 0 Å². The second-order valence-corrected chi connectivity index (χ2v) is 10.4. The number of Topliss-reactive ketones (excluding diaryl/α,β-unsaturated/α-hetero) is 1. The van der Waals surface area contributed by atoms with Gasteiger partial charge in [0.15, 0.2) is 5.78 Å². The minimum atomic E-state index is -0.965. The maximum absolute atomic E-state index is 15.0. The third kappa shape index (κ3) is 5.89. The summed E-state index contributed by atoms with van der Waals surface area (Å²) in [5, 5.41) is 2.78. The highest BCUT2D eigenvalue weighted by Gasteiger charge is 2.35. The lowest BCUT2D eigenvalue weighted by Gasteiger charge is -2.42. The molecule has 2 aliphatic heterocycles. The van der Waals surface area contributed by atoms with E-state index in [4.69, 9.17) is 15.2 Å². The van der Waals surface area contributed by atoms with Gasteiger partial charge in [-0.05, 0) is 41.8 Å². The first kappa shape index (κ1) is 28.5. The Morgan fingerprint density at radius 3 is 2.49 bits per heavy atom. The fourth-order valence-electron chi connectivity index (χ4n) is 5.35. The number of ketones is 1. The molecule has 2 aromatic heterocycles. The molecule has 0 bridgehead atoms. The molecular weight excluding hydrogens is 539 g/mol. The predicted octanol–water partition coefficient (Wildman–Crippen LogP) is 3.61. The number of piperidine rings is 1. The molecule has 0 aliphatic carbocycles. The maximum atomic E-state index is 15.0. The van der Waals surface area contributed by atoms with Gasteiger partial charge >= 0.3 is 6.09 Å². The molecular formula is C29H30F3N5O4. The number of methoxy groups -OCH3 is 1. The van der Waals surface area contributed by atoms with E-state index in [-0.39, 0.29) is 30.0 Å². The second-order valence-electron chi connectivity index (χ2n) is 10.4. The fourth-order valence-corrected chi connectivity index (χ4v) is 5.35. The van der Waals surface area contributed by atoms with Crippen LogP contribution in [-0.2, 0) is 15.9 Å². The molecule has 2 saturated heterocycles. The first-order valence-corrected chi connectivity index (χ1v) is 13.2. The van der Waals surface area contributed by atoms with Crippen molar-refractivity contribution < 1.29 is 32.2 Å². The van der Waals surface area contributed by atoms with E-state index in [9.17, 15) is 22.8 Å². The van der Waals surface area contributed by atoms with Gasteiger partial charge in [0.25, 0.3) is 0 Å². The summed E-state index contributed by atoms with van der Waals surface area (Å²) in [4.78, 5) is 35.3. The van der Waals surface area contributed by atoms with Gasteiger partial charge in [0, 0.05) is 55.1 Å². The van der Waals surface area contributed by atoms with E-state index in [0.717, 1.165) is 23.9 Å². The van der Waals surface area contributed by atoms with Crippen LogP contribution in [0.3, 0.4) is 0 Å². The molecule has 0 unspecified atom stereocenters. The molecule has 0 radical (unpaired) electrons. The smallest absolute Gasteiger partial charge is 0.407 e. The maximum Gasteiger partial charge on any atom is 0.407 e. The van der Waals surface area contributed by atoms with E-state index in [0.29, 0.717) is 37.4 Å². The Kier molecular flexibility index (Phi) is 8.22. The first-order chi connectivity index (χ1) is 19.7. The van der Waals surface area contributed by atoms with Crippen LogP contribution in [0.5, 0.6) is 0 Å². The zero-order chi connectivity index (χ0) is 29.3. The number of halogens is 3. The van der Waals surface area contributed by atoms with E-state index in [1.54, 1.807) is 18.5 Å². The number of pyridine rings is 2. The first-order valence-electron chi connectivity index (χ1n) is 13.2. The SMILES string of the molecule is COC(=O)N[C@@H]1[C@H](N)CN(c2ccncc2CC(=O)c2ccc(F)c(-c3c(F)cc(C4COC4)cc3F)n2)C[C@@H]1C. The quantitative estimate of drug-likeness (QED) is 0.415. The highest BCUT2D eigenvalue weighted by Crippen LogP contribution is 2.33. The van der Waals surface area contributed by atoms with Crippen LogP contribution in [0.2, 0.25) is 0 Å². The lowest BCUT2D eigenvalue weighted by Crippen LogP contribution is -2.62. The summed E-state index contributed by atoms with van der Waals surface area (Å²) < 4.78 is 54.5. The molecule has 3 N–H and O–H groups in total. The average molecular weight is 570 g/mol. The summed E-state index contributed by atoms with van der Waals surface area (Å²) in [6, 6.07) is 5.52. The van der Waals surface area contributed by atoms with Gasteiger partial charge in [-0.1, -0.05) is 6.92 Å². The van der Waals surface area contributed by atoms with Crippen LogP contribution in [0, 0.1) is 23.4 Å². The summed E-state index contributed by atoms with van der Waals surface area (Å²) in [5.74, 6) is -3.53. The minimum absolute atomic E-state index is 0.0381. The molecule has 1 aromatic carbocycles. The Morgan fingerprint density at radius 1 is 1.12 bits per heavy atom. The topological polar surface area (TPSA) is 120 Å². The van der Waals surface area contributed by atoms with Gasteiger partial charge in [0.1, 0.15) is 28.8 Å². The number of alkyl carbamates (subject to hydrolysis) is 1. The van der Waals surface area contributed by atoms with Crippen LogP contribution in [0.4, 0.5) is 23.7 Å². The van der Waals surface area contributed by atoms with E-state index >= 15 is 0 Å². The van der Waals surface area contributed by atoms with Crippen LogP contribution in [-0.4, -0.2) is 67.3 Å². The van der Waals surface area contributed by atoms with E-state index in [1.165, 1.54) is 13.2 Å². The van der Waals surface area contributed by atoms with Crippen molar-refractivity contribution in [1.82, 2.24) is 15.3 Å². The molecule has 41 heavy (non-hydrogen) atoms. The number of amides is 1. The number of nitrogens with zero attached hydrogens (tertiary/aromatic N) is 3. The molecule has 0 saturated carbocycles. The lowest BCUT2D eigenvalue weighted by atomic mass is 9.89. The predicted molar refractivity (Wildman–Crippen MR) is 144 cm³/mol. The number of ether oxygens (including phenoxy) is 2. The summed E-state index contributed by atoms with van der Waals surface area (Å²) in [6.45, 7) is 3.60. The molecule has 1 amide bonds. The second kappa shape index (κ2) is 11.8. The molecule has 4 heterocycles. The van der Waals surface area contributed by atoms with Crippen LogP contribution < -0.4 is 16.0 Å². The highest BCUT2D eigenvalue weighted by molar-refractivity contribution is 5.97. The van der Waals surface area contributed by atoms with Crippen LogP contribution >= 0.6 is 0 Å². The van der Waals surface area contributed by atoms with Gasteiger partial charge < -0.3 is 25.4 Å². The molecule has 12 heteroatoms. The van der Waals surface area contributed by atoms with Crippen LogP contribution in [0.15, 0.2) is 42.7 Å². The monoisotopic (exact) mass is 569 g/mol. The molecule has 2 aliphatic rings. The number of rotatable bonds is 7. The Hall–Kier alpha value is -4.03. The number of hydrogen-bond donors (Lipinski definition) is 2. The standard InChI is InChI=1S/C29H30F3N5O4/c1-15-11-37(12-22(33)27(15)36-29(39)40-2)24-5-6-34-10-17(24)9-25(38)23-4-3-19(30)28(35-23)26-20(31)7-16(8-21(26)32)18-13-41-14-18/h3-8,10,15,18,22,27H,9,11-14,33H2,1-2H3,(H,36,39)/t15-,22+,27-/m0/s1. The number of nitrogens with two attached hydrogens (primary N) is 1. The highest BCUT2D eigenvalue weighted by atomic mass is 19.1. The third-order valence-corrected chi connectivity index (χ3v) is 7.60. The summed E-state index contributed by atoms with van der Waals surface area (Å²) in [7, 11) is 1.29. The van der Waals surface area contributed by atoms with E-state index < -0.39 is 46.6 Å². The Balaban J connectivity index is 1.37. The van der Waals surface area contributed by atoms with Crippen molar-refractivity contribution >= 4 is 17.6 Å². The Morgan fingerprint density at radius 2 is 1.85 bits per heavy atom.